The van der Waals surface area contributed by atoms with Gasteiger partial charge in [-0.15, -0.1) is 0 Å². The highest BCUT2D eigenvalue weighted by Crippen LogP contribution is 2.13. The summed E-state index contributed by atoms with van der Waals surface area (Å²) in [6, 6.07) is 25.0. The van der Waals surface area contributed by atoms with Gasteiger partial charge in [0.15, 0.2) is 0 Å². The van der Waals surface area contributed by atoms with Crippen LogP contribution in [0.2, 0.25) is 0 Å². The lowest BCUT2D eigenvalue weighted by Gasteiger charge is -2.06. The summed E-state index contributed by atoms with van der Waals surface area (Å²) in [6.45, 7) is 2.42. The van der Waals surface area contributed by atoms with Crippen LogP contribution in [0.1, 0.15) is 27.0 Å². The van der Waals surface area contributed by atoms with Gasteiger partial charge in [-0.05, 0) is 53.9 Å². The zero-order valence-electron chi connectivity index (χ0n) is 14.6. The number of amides is 1. The van der Waals surface area contributed by atoms with Crippen molar-refractivity contribution in [2.75, 3.05) is 0 Å². The molecule has 1 amide bonds. The molecule has 1 N–H and O–H groups in total. The van der Waals surface area contributed by atoms with Crippen LogP contribution >= 0.6 is 0 Å². The Bertz CT molecular complexity index is 888. The third-order valence-corrected chi connectivity index (χ3v) is 3.90. The van der Waals surface area contributed by atoms with Crippen molar-refractivity contribution in [3.8, 4) is 5.75 Å². The quantitative estimate of drug-likeness (QED) is 0.534. The predicted octanol–water partition coefficient (Wildman–Crippen LogP) is 4.34. The topological polar surface area (TPSA) is 50.7 Å². The summed E-state index contributed by atoms with van der Waals surface area (Å²) in [4.78, 5) is 12.1. The van der Waals surface area contributed by atoms with E-state index in [-0.39, 0.29) is 5.91 Å². The molecule has 4 heteroatoms. The Kier molecular flexibility index (Phi) is 5.78. The maximum atomic E-state index is 12.1. The normalized spacial score (nSPS) is 10.7. The zero-order valence-corrected chi connectivity index (χ0v) is 14.6. The second-order valence-electron chi connectivity index (χ2n) is 5.86. The second-order valence-corrected chi connectivity index (χ2v) is 5.86. The fraction of sp³-hybridized carbons (Fsp3) is 0.0909. The van der Waals surface area contributed by atoms with Crippen LogP contribution in [0.25, 0.3) is 0 Å². The van der Waals surface area contributed by atoms with E-state index in [1.807, 2.05) is 79.7 Å². The van der Waals surface area contributed by atoms with Crippen molar-refractivity contribution in [2.24, 2.45) is 5.10 Å². The summed E-state index contributed by atoms with van der Waals surface area (Å²) in [7, 11) is 0. The number of hydrogen-bond donors (Lipinski definition) is 1. The predicted molar refractivity (Wildman–Crippen MR) is 103 cm³/mol. The van der Waals surface area contributed by atoms with E-state index < -0.39 is 0 Å². The minimum atomic E-state index is -0.220. The Morgan fingerprint density at radius 3 is 2.38 bits per heavy atom. The summed E-state index contributed by atoms with van der Waals surface area (Å²) in [6.07, 6.45) is 1.61. The molecule has 0 bridgehead atoms. The van der Waals surface area contributed by atoms with Gasteiger partial charge in [0.1, 0.15) is 12.4 Å². The van der Waals surface area contributed by atoms with Gasteiger partial charge in [0.25, 0.3) is 5.91 Å². The van der Waals surface area contributed by atoms with E-state index in [4.69, 9.17) is 4.74 Å². The standard InChI is InChI=1S/C22H20N2O2/c1-17-7-5-6-10-21(17)22(25)24-23-15-18-11-13-20(14-12-18)26-16-19-8-3-2-4-9-19/h2-15H,16H2,1H3,(H,24,25). The molecule has 3 aromatic carbocycles. The Morgan fingerprint density at radius 2 is 1.65 bits per heavy atom. The molecule has 0 aliphatic rings. The molecule has 3 aromatic rings. The van der Waals surface area contributed by atoms with Gasteiger partial charge in [-0.1, -0.05) is 48.5 Å². The van der Waals surface area contributed by atoms with Gasteiger partial charge in [0.2, 0.25) is 0 Å². The van der Waals surface area contributed by atoms with Gasteiger partial charge in [-0.2, -0.15) is 5.10 Å². The fourth-order valence-electron chi connectivity index (χ4n) is 2.44. The Morgan fingerprint density at radius 1 is 0.962 bits per heavy atom. The van der Waals surface area contributed by atoms with Gasteiger partial charge < -0.3 is 4.74 Å². The van der Waals surface area contributed by atoms with Crippen molar-refractivity contribution in [2.45, 2.75) is 13.5 Å². The minimum Gasteiger partial charge on any atom is -0.489 e. The van der Waals surface area contributed by atoms with Gasteiger partial charge >= 0.3 is 0 Å². The first-order valence-electron chi connectivity index (χ1n) is 8.38. The van der Waals surface area contributed by atoms with Gasteiger partial charge in [0, 0.05) is 5.56 Å². The van der Waals surface area contributed by atoms with Crippen molar-refractivity contribution >= 4 is 12.1 Å². The molecule has 0 saturated carbocycles. The molecule has 0 unspecified atom stereocenters. The number of benzene rings is 3. The maximum absolute atomic E-state index is 12.1. The molecule has 0 aliphatic carbocycles. The molecule has 3 rings (SSSR count). The van der Waals surface area contributed by atoms with Crippen LogP contribution in [-0.2, 0) is 6.61 Å². The number of nitrogens with zero attached hydrogens (tertiary/aromatic N) is 1. The van der Waals surface area contributed by atoms with E-state index in [1.165, 1.54) is 0 Å². The van der Waals surface area contributed by atoms with Crippen molar-refractivity contribution in [1.29, 1.82) is 0 Å². The number of carbonyl (C=O) groups is 1. The second kappa shape index (κ2) is 8.62. The van der Waals surface area contributed by atoms with E-state index in [9.17, 15) is 4.79 Å². The highest BCUT2D eigenvalue weighted by Gasteiger charge is 2.06. The lowest BCUT2D eigenvalue weighted by Crippen LogP contribution is -2.18. The summed E-state index contributed by atoms with van der Waals surface area (Å²) in [5.74, 6) is 0.567. The molecule has 0 heterocycles. The van der Waals surface area contributed by atoms with Crippen LogP contribution in [0.4, 0.5) is 0 Å². The van der Waals surface area contributed by atoms with Crippen molar-refractivity contribution in [3.05, 3.63) is 101 Å². The van der Waals surface area contributed by atoms with Crippen LogP contribution in [0, 0.1) is 6.92 Å². The average Bonchev–Trinajstić information content (AvgIpc) is 2.68. The van der Waals surface area contributed by atoms with E-state index in [1.54, 1.807) is 12.3 Å². The maximum Gasteiger partial charge on any atom is 0.271 e. The Hall–Kier alpha value is -3.40. The third-order valence-electron chi connectivity index (χ3n) is 3.90. The fourth-order valence-corrected chi connectivity index (χ4v) is 2.44. The Balaban J connectivity index is 1.53. The summed E-state index contributed by atoms with van der Waals surface area (Å²) < 4.78 is 5.75. The van der Waals surface area contributed by atoms with Crippen LogP contribution in [0.15, 0.2) is 84.0 Å². The minimum absolute atomic E-state index is 0.220. The van der Waals surface area contributed by atoms with Crippen molar-refractivity contribution in [1.82, 2.24) is 5.43 Å². The van der Waals surface area contributed by atoms with E-state index in [0.29, 0.717) is 12.2 Å². The molecule has 0 aromatic heterocycles. The number of aryl methyl sites for hydroxylation is 1. The van der Waals surface area contributed by atoms with Crippen LogP contribution < -0.4 is 10.2 Å². The Labute approximate surface area is 153 Å². The zero-order chi connectivity index (χ0) is 18.2. The number of carbonyl (C=O) groups excluding carboxylic acids is 1. The SMILES string of the molecule is Cc1ccccc1C(=O)NN=Cc1ccc(OCc2ccccc2)cc1. The molecule has 0 spiro atoms. The van der Waals surface area contributed by atoms with E-state index >= 15 is 0 Å². The lowest BCUT2D eigenvalue weighted by molar-refractivity contribution is 0.0954. The smallest absolute Gasteiger partial charge is 0.271 e. The summed E-state index contributed by atoms with van der Waals surface area (Å²) >= 11 is 0. The molecule has 130 valence electrons. The van der Waals surface area contributed by atoms with Gasteiger partial charge in [-0.3, -0.25) is 4.79 Å². The third kappa shape index (κ3) is 4.80. The largest absolute Gasteiger partial charge is 0.489 e. The van der Waals surface area contributed by atoms with Crippen LogP contribution in [0.5, 0.6) is 5.75 Å². The first-order valence-corrected chi connectivity index (χ1v) is 8.38. The molecule has 0 atom stereocenters. The highest BCUT2D eigenvalue weighted by molar-refractivity contribution is 5.96. The molecule has 4 nitrogen and oxygen atoms in total. The van der Waals surface area contributed by atoms with Gasteiger partial charge in [-0.25, -0.2) is 5.43 Å². The monoisotopic (exact) mass is 344 g/mol. The van der Waals surface area contributed by atoms with E-state index in [0.717, 1.165) is 22.4 Å². The van der Waals surface area contributed by atoms with Gasteiger partial charge in [0.05, 0.1) is 6.21 Å². The van der Waals surface area contributed by atoms with Crippen molar-refractivity contribution < 1.29 is 9.53 Å². The molecular weight excluding hydrogens is 324 g/mol. The molecule has 26 heavy (non-hydrogen) atoms. The molecule has 0 fully saturated rings. The molecule has 0 aliphatic heterocycles. The average molecular weight is 344 g/mol. The molecular formula is C22H20N2O2. The number of rotatable bonds is 6. The lowest BCUT2D eigenvalue weighted by atomic mass is 10.1. The van der Waals surface area contributed by atoms with E-state index in [2.05, 4.69) is 10.5 Å². The number of ether oxygens (including phenoxy) is 1. The summed E-state index contributed by atoms with van der Waals surface area (Å²) in [5, 5.41) is 4.02. The van der Waals surface area contributed by atoms with Crippen LogP contribution in [0.3, 0.4) is 0 Å². The highest BCUT2D eigenvalue weighted by atomic mass is 16.5. The molecule has 0 radical (unpaired) electrons. The molecule has 0 saturated heterocycles. The summed E-state index contributed by atoms with van der Waals surface area (Å²) in [5.41, 5.74) is 6.08. The first-order chi connectivity index (χ1) is 12.7. The number of hydrogen-bond acceptors (Lipinski definition) is 3. The number of nitrogens with one attached hydrogen (secondary N) is 1. The van der Waals surface area contributed by atoms with Crippen molar-refractivity contribution in [3.63, 3.8) is 0 Å². The first kappa shape index (κ1) is 17.4. The van der Waals surface area contributed by atoms with Crippen LogP contribution in [-0.4, -0.2) is 12.1 Å². The number of hydrazone groups is 1.